The van der Waals surface area contributed by atoms with Crippen LogP contribution >= 0.6 is 0 Å². The van der Waals surface area contributed by atoms with Crippen LogP contribution in [0.2, 0.25) is 0 Å². The van der Waals surface area contributed by atoms with Gasteiger partial charge in [0.25, 0.3) is 0 Å². The summed E-state index contributed by atoms with van der Waals surface area (Å²) in [7, 11) is -2.99. The van der Waals surface area contributed by atoms with Crippen molar-refractivity contribution in [3.63, 3.8) is 0 Å². The SMILES string of the molecule is CC(C)=CCN1CCN(CCc2cccc(F)c2)[C@@H]2CS(=O)(=O)C[C@@H]21. The van der Waals surface area contributed by atoms with E-state index in [1.807, 2.05) is 6.07 Å². The summed E-state index contributed by atoms with van der Waals surface area (Å²) in [5.74, 6) is 0.280. The average molecular weight is 367 g/mol. The molecular weight excluding hydrogens is 339 g/mol. The number of sulfone groups is 1. The molecule has 2 heterocycles. The molecule has 0 N–H and O–H groups in total. The Balaban J connectivity index is 1.69. The number of fused-ring (bicyclic) bond motifs is 1. The van der Waals surface area contributed by atoms with Gasteiger partial charge in [-0.3, -0.25) is 9.80 Å². The van der Waals surface area contributed by atoms with Crippen LogP contribution in [0, 0.1) is 5.82 Å². The summed E-state index contributed by atoms with van der Waals surface area (Å²) >= 11 is 0. The second-order valence-electron chi connectivity index (χ2n) is 7.40. The van der Waals surface area contributed by atoms with Gasteiger partial charge in [0, 0.05) is 38.3 Å². The molecule has 0 amide bonds. The molecule has 1 aromatic rings. The van der Waals surface area contributed by atoms with E-state index in [1.54, 1.807) is 12.1 Å². The van der Waals surface area contributed by atoms with E-state index in [0.717, 1.165) is 38.2 Å². The fourth-order valence-corrected chi connectivity index (χ4v) is 5.91. The molecule has 2 atom stereocenters. The number of nitrogens with zero attached hydrogens (tertiary/aromatic N) is 2. The van der Waals surface area contributed by atoms with E-state index in [1.165, 1.54) is 11.6 Å². The molecule has 0 bridgehead atoms. The van der Waals surface area contributed by atoms with Gasteiger partial charge in [-0.25, -0.2) is 12.8 Å². The van der Waals surface area contributed by atoms with Gasteiger partial charge in [0.15, 0.2) is 9.84 Å². The molecule has 0 spiro atoms. The maximum atomic E-state index is 13.3. The van der Waals surface area contributed by atoms with Gasteiger partial charge in [-0.15, -0.1) is 0 Å². The normalized spacial score (nSPS) is 26.4. The van der Waals surface area contributed by atoms with E-state index in [2.05, 4.69) is 29.7 Å². The Labute approximate surface area is 150 Å². The van der Waals surface area contributed by atoms with Crippen molar-refractivity contribution in [2.75, 3.05) is 37.7 Å². The first-order valence-corrected chi connectivity index (χ1v) is 10.7. The van der Waals surface area contributed by atoms with Crippen molar-refractivity contribution in [2.45, 2.75) is 32.4 Å². The molecule has 3 rings (SSSR count). The van der Waals surface area contributed by atoms with Crippen molar-refractivity contribution in [2.24, 2.45) is 0 Å². The first kappa shape index (κ1) is 18.5. The molecule has 4 nitrogen and oxygen atoms in total. The van der Waals surface area contributed by atoms with Crippen molar-refractivity contribution in [3.8, 4) is 0 Å². The smallest absolute Gasteiger partial charge is 0.153 e. The van der Waals surface area contributed by atoms with Crippen molar-refractivity contribution in [1.29, 1.82) is 0 Å². The lowest BCUT2D eigenvalue weighted by Gasteiger charge is -2.43. The number of halogens is 1. The van der Waals surface area contributed by atoms with Crippen LogP contribution < -0.4 is 0 Å². The van der Waals surface area contributed by atoms with E-state index in [0.29, 0.717) is 0 Å². The highest BCUT2D eigenvalue weighted by Gasteiger charge is 2.45. The Kier molecular flexibility index (Phi) is 5.61. The lowest BCUT2D eigenvalue weighted by molar-refractivity contribution is 0.0539. The Morgan fingerprint density at radius 2 is 1.88 bits per heavy atom. The largest absolute Gasteiger partial charge is 0.296 e. The third kappa shape index (κ3) is 4.68. The minimum atomic E-state index is -2.99. The fraction of sp³-hybridized carbons (Fsp3) is 0.579. The molecule has 2 saturated heterocycles. The van der Waals surface area contributed by atoms with Crippen LogP contribution in [0.1, 0.15) is 19.4 Å². The zero-order valence-corrected chi connectivity index (χ0v) is 15.8. The minimum Gasteiger partial charge on any atom is -0.296 e. The average Bonchev–Trinajstić information content (AvgIpc) is 2.86. The van der Waals surface area contributed by atoms with E-state index < -0.39 is 9.84 Å². The second kappa shape index (κ2) is 7.56. The first-order valence-electron chi connectivity index (χ1n) is 8.90. The van der Waals surface area contributed by atoms with Crippen LogP contribution in [-0.4, -0.2) is 68.0 Å². The number of hydrogen-bond acceptors (Lipinski definition) is 4. The molecule has 0 unspecified atom stereocenters. The molecule has 2 fully saturated rings. The molecule has 0 radical (unpaired) electrons. The van der Waals surface area contributed by atoms with Crippen LogP contribution in [0.5, 0.6) is 0 Å². The first-order chi connectivity index (χ1) is 11.8. The summed E-state index contributed by atoms with van der Waals surface area (Å²) in [4.78, 5) is 4.60. The molecule has 0 aromatic heterocycles. The Morgan fingerprint density at radius 1 is 1.20 bits per heavy atom. The summed E-state index contributed by atoms with van der Waals surface area (Å²) in [5.41, 5.74) is 2.22. The highest BCUT2D eigenvalue weighted by molar-refractivity contribution is 7.91. The minimum absolute atomic E-state index is 0.0536. The molecule has 0 saturated carbocycles. The summed E-state index contributed by atoms with van der Waals surface area (Å²) in [6, 6.07) is 6.79. The highest BCUT2D eigenvalue weighted by atomic mass is 32.2. The lowest BCUT2D eigenvalue weighted by Crippen LogP contribution is -2.59. The molecule has 138 valence electrons. The van der Waals surface area contributed by atoms with E-state index in [4.69, 9.17) is 0 Å². The molecule has 25 heavy (non-hydrogen) atoms. The van der Waals surface area contributed by atoms with Gasteiger partial charge in [0.1, 0.15) is 5.82 Å². The van der Waals surface area contributed by atoms with Gasteiger partial charge in [-0.2, -0.15) is 0 Å². The van der Waals surface area contributed by atoms with Gasteiger partial charge in [0.2, 0.25) is 0 Å². The third-order valence-corrected chi connectivity index (χ3v) is 6.92. The quantitative estimate of drug-likeness (QED) is 0.749. The van der Waals surface area contributed by atoms with Gasteiger partial charge < -0.3 is 0 Å². The van der Waals surface area contributed by atoms with E-state index in [9.17, 15) is 12.8 Å². The van der Waals surface area contributed by atoms with Crippen molar-refractivity contribution < 1.29 is 12.8 Å². The van der Waals surface area contributed by atoms with Crippen LogP contribution in [0.15, 0.2) is 35.9 Å². The lowest BCUT2D eigenvalue weighted by atomic mass is 10.0. The second-order valence-corrected chi connectivity index (χ2v) is 9.56. The van der Waals surface area contributed by atoms with Gasteiger partial charge in [0.05, 0.1) is 11.5 Å². The molecule has 0 aliphatic carbocycles. The third-order valence-electron chi connectivity index (χ3n) is 5.22. The maximum Gasteiger partial charge on any atom is 0.153 e. The van der Waals surface area contributed by atoms with Gasteiger partial charge in [-0.1, -0.05) is 23.8 Å². The Morgan fingerprint density at radius 3 is 2.56 bits per heavy atom. The zero-order valence-electron chi connectivity index (χ0n) is 15.0. The standard InChI is InChI=1S/C19H27FN2O2S/c1-15(2)6-8-21-10-11-22(19-14-25(23,24)13-18(19)21)9-7-16-4-3-5-17(20)12-16/h3-6,12,18-19H,7-11,13-14H2,1-2H3/t18-,19+/m0/s1. The van der Waals surface area contributed by atoms with Crippen molar-refractivity contribution >= 4 is 9.84 Å². The number of benzene rings is 1. The fourth-order valence-electron chi connectivity index (χ4n) is 3.87. The van der Waals surface area contributed by atoms with Crippen LogP contribution in [0.3, 0.4) is 0 Å². The number of allylic oxidation sites excluding steroid dienone is 1. The number of piperazine rings is 1. The van der Waals surface area contributed by atoms with Crippen LogP contribution in [-0.2, 0) is 16.3 Å². The summed E-state index contributed by atoms with van der Waals surface area (Å²) < 4.78 is 37.8. The topological polar surface area (TPSA) is 40.6 Å². The van der Waals surface area contributed by atoms with E-state index in [-0.39, 0.29) is 29.4 Å². The van der Waals surface area contributed by atoms with Gasteiger partial charge >= 0.3 is 0 Å². The number of rotatable bonds is 5. The highest BCUT2D eigenvalue weighted by Crippen LogP contribution is 2.27. The molecule has 2 aliphatic rings. The summed E-state index contributed by atoms with van der Waals surface area (Å²) in [6.07, 6.45) is 2.92. The van der Waals surface area contributed by atoms with Crippen LogP contribution in [0.4, 0.5) is 4.39 Å². The Hall–Kier alpha value is -1.24. The monoisotopic (exact) mass is 366 g/mol. The van der Waals surface area contributed by atoms with E-state index >= 15 is 0 Å². The molecule has 6 heteroatoms. The van der Waals surface area contributed by atoms with Crippen molar-refractivity contribution in [3.05, 3.63) is 47.3 Å². The number of hydrogen-bond donors (Lipinski definition) is 0. The van der Waals surface area contributed by atoms with Crippen LogP contribution in [0.25, 0.3) is 0 Å². The van der Waals surface area contributed by atoms with Gasteiger partial charge in [-0.05, 0) is 38.0 Å². The summed E-state index contributed by atoms with van der Waals surface area (Å²) in [6.45, 7) is 7.47. The molecule has 2 aliphatic heterocycles. The van der Waals surface area contributed by atoms with Crippen molar-refractivity contribution in [1.82, 2.24) is 9.80 Å². The molecular formula is C19H27FN2O2S. The molecule has 1 aromatic carbocycles. The predicted molar refractivity (Wildman–Crippen MR) is 98.9 cm³/mol. The summed E-state index contributed by atoms with van der Waals surface area (Å²) in [5, 5.41) is 0. The zero-order chi connectivity index (χ0) is 18.0. The predicted octanol–water partition coefficient (Wildman–Crippen LogP) is 2.12. The maximum absolute atomic E-state index is 13.3. The Bertz CT molecular complexity index is 744.